The van der Waals surface area contributed by atoms with Gasteiger partial charge in [0.05, 0.1) is 11.8 Å². The van der Waals surface area contributed by atoms with Gasteiger partial charge in [0.15, 0.2) is 0 Å². The Labute approximate surface area is 132 Å². The van der Waals surface area contributed by atoms with E-state index in [2.05, 4.69) is 11.4 Å². The number of carbonyl (C=O) groups is 1. The zero-order valence-electron chi connectivity index (χ0n) is 13.2. The van der Waals surface area contributed by atoms with E-state index in [1.165, 1.54) is 4.31 Å². The zero-order chi connectivity index (χ0) is 16.2. The van der Waals surface area contributed by atoms with Gasteiger partial charge in [-0.05, 0) is 32.6 Å². The fourth-order valence-electron chi connectivity index (χ4n) is 3.34. The van der Waals surface area contributed by atoms with Crippen molar-refractivity contribution in [2.45, 2.75) is 57.4 Å². The highest BCUT2D eigenvalue weighted by Gasteiger charge is 2.37. The molecule has 1 amide bonds. The van der Waals surface area contributed by atoms with Crippen molar-refractivity contribution in [3.63, 3.8) is 0 Å². The average molecular weight is 327 g/mol. The van der Waals surface area contributed by atoms with Crippen molar-refractivity contribution in [2.24, 2.45) is 5.92 Å². The van der Waals surface area contributed by atoms with E-state index >= 15 is 0 Å². The number of rotatable bonds is 4. The standard InChI is InChI=1S/C15H25N3O3S/c1-2-22(20,21)18-10-6-13(7-11-18)14(19)17-15(12-16)8-4-3-5-9-15/h13H,2-11H2,1H3,(H,17,19). The topological polar surface area (TPSA) is 90.3 Å². The van der Waals surface area contributed by atoms with Gasteiger partial charge in [0.25, 0.3) is 0 Å². The Morgan fingerprint density at radius 2 is 1.86 bits per heavy atom. The summed E-state index contributed by atoms with van der Waals surface area (Å²) >= 11 is 0. The lowest BCUT2D eigenvalue weighted by Crippen LogP contribution is -2.52. The third-order valence-electron chi connectivity index (χ3n) is 4.87. The lowest BCUT2D eigenvalue weighted by molar-refractivity contribution is -0.127. The second-order valence-electron chi connectivity index (χ2n) is 6.32. The fourth-order valence-corrected chi connectivity index (χ4v) is 4.47. The molecule has 0 bridgehead atoms. The van der Waals surface area contributed by atoms with Crippen LogP contribution in [-0.4, -0.2) is 43.0 Å². The molecular weight excluding hydrogens is 302 g/mol. The van der Waals surface area contributed by atoms with Crippen molar-refractivity contribution in [3.8, 4) is 6.07 Å². The number of hydrogen-bond donors (Lipinski definition) is 1. The maximum absolute atomic E-state index is 12.4. The normalized spacial score (nSPS) is 23.6. The number of carbonyl (C=O) groups excluding carboxylic acids is 1. The number of nitriles is 1. The van der Waals surface area contributed by atoms with Crippen LogP contribution in [0.2, 0.25) is 0 Å². The number of nitrogens with zero attached hydrogens (tertiary/aromatic N) is 2. The van der Waals surface area contributed by atoms with Crippen LogP contribution in [0.4, 0.5) is 0 Å². The van der Waals surface area contributed by atoms with E-state index in [-0.39, 0.29) is 17.6 Å². The van der Waals surface area contributed by atoms with E-state index in [4.69, 9.17) is 0 Å². The highest BCUT2D eigenvalue weighted by Crippen LogP contribution is 2.29. The van der Waals surface area contributed by atoms with Crippen molar-refractivity contribution in [1.29, 1.82) is 5.26 Å². The van der Waals surface area contributed by atoms with Gasteiger partial charge in [0, 0.05) is 19.0 Å². The Hall–Kier alpha value is -1.13. The van der Waals surface area contributed by atoms with Gasteiger partial charge in [-0.3, -0.25) is 4.79 Å². The van der Waals surface area contributed by atoms with Crippen LogP contribution in [0.15, 0.2) is 0 Å². The number of nitrogens with one attached hydrogen (secondary N) is 1. The van der Waals surface area contributed by atoms with Gasteiger partial charge in [-0.1, -0.05) is 19.3 Å². The van der Waals surface area contributed by atoms with E-state index in [9.17, 15) is 18.5 Å². The van der Waals surface area contributed by atoms with Gasteiger partial charge < -0.3 is 5.32 Å². The Bertz CT molecular complexity index is 539. The molecule has 1 N–H and O–H groups in total. The largest absolute Gasteiger partial charge is 0.338 e. The van der Waals surface area contributed by atoms with E-state index in [1.54, 1.807) is 6.92 Å². The molecule has 1 saturated heterocycles. The summed E-state index contributed by atoms with van der Waals surface area (Å²) in [4.78, 5) is 12.4. The van der Waals surface area contributed by atoms with Gasteiger partial charge in [0.2, 0.25) is 15.9 Å². The highest BCUT2D eigenvalue weighted by molar-refractivity contribution is 7.89. The minimum atomic E-state index is -3.17. The minimum absolute atomic E-state index is 0.0861. The first-order valence-corrected chi connectivity index (χ1v) is 9.74. The molecule has 2 rings (SSSR count). The van der Waals surface area contributed by atoms with Gasteiger partial charge in [-0.2, -0.15) is 5.26 Å². The molecule has 124 valence electrons. The van der Waals surface area contributed by atoms with E-state index in [1.807, 2.05) is 0 Å². The third-order valence-corrected chi connectivity index (χ3v) is 6.75. The molecule has 1 aliphatic carbocycles. The first kappa shape index (κ1) is 17.2. The molecular formula is C15H25N3O3S. The summed E-state index contributed by atoms with van der Waals surface area (Å²) in [5, 5.41) is 12.4. The van der Waals surface area contributed by atoms with E-state index < -0.39 is 15.6 Å². The van der Waals surface area contributed by atoms with Crippen LogP contribution in [0, 0.1) is 17.2 Å². The van der Waals surface area contributed by atoms with Crippen molar-refractivity contribution in [1.82, 2.24) is 9.62 Å². The van der Waals surface area contributed by atoms with Crippen molar-refractivity contribution in [2.75, 3.05) is 18.8 Å². The Morgan fingerprint density at radius 3 is 2.36 bits per heavy atom. The van der Waals surface area contributed by atoms with Crippen LogP contribution in [0.25, 0.3) is 0 Å². The quantitative estimate of drug-likeness (QED) is 0.845. The van der Waals surface area contributed by atoms with E-state index in [0.29, 0.717) is 25.9 Å². The molecule has 0 aromatic carbocycles. The summed E-state index contributed by atoms with van der Waals surface area (Å²) in [6, 6.07) is 2.29. The van der Waals surface area contributed by atoms with Crippen molar-refractivity contribution in [3.05, 3.63) is 0 Å². The van der Waals surface area contributed by atoms with Crippen LogP contribution in [0.3, 0.4) is 0 Å². The minimum Gasteiger partial charge on any atom is -0.338 e. The maximum Gasteiger partial charge on any atom is 0.224 e. The Balaban J connectivity index is 1.91. The third kappa shape index (κ3) is 3.79. The molecule has 0 unspecified atom stereocenters. The molecule has 0 spiro atoms. The van der Waals surface area contributed by atoms with Gasteiger partial charge in [0.1, 0.15) is 5.54 Å². The lowest BCUT2D eigenvalue weighted by Gasteiger charge is -2.35. The smallest absolute Gasteiger partial charge is 0.224 e. The summed E-state index contributed by atoms with van der Waals surface area (Å²) in [5.41, 5.74) is -0.706. The predicted molar refractivity (Wildman–Crippen MR) is 83.3 cm³/mol. The second-order valence-corrected chi connectivity index (χ2v) is 8.58. The van der Waals surface area contributed by atoms with Crippen LogP contribution in [0.1, 0.15) is 51.9 Å². The molecule has 1 aliphatic heterocycles. The van der Waals surface area contributed by atoms with Gasteiger partial charge in [-0.15, -0.1) is 0 Å². The molecule has 6 nitrogen and oxygen atoms in total. The van der Waals surface area contributed by atoms with Crippen LogP contribution in [0.5, 0.6) is 0 Å². The van der Waals surface area contributed by atoms with E-state index in [0.717, 1.165) is 32.1 Å². The summed E-state index contributed by atoms with van der Waals surface area (Å²) < 4.78 is 25.1. The first-order valence-electron chi connectivity index (χ1n) is 8.13. The molecule has 1 saturated carbocycles. The summed E-state index contributed by atoms with van der Waals surface area (Å²) in [6.45, 7) is 2.43. The fraction of sp³-hybridized carbons (Fsp3) is 0.867. The molecule has 2 aliphatic rings. The van der Waals surface area contributed by atoms with Crippen molar-refractivity contribution < 1.29 is 13.2 Å². The van der Waals surface area contributed by atoms with Gasteiger partial charge in [-0.25, -0.2) is 12.7 Å². The molecule has 0 atom stereocenters. The average Bonchev–Trinajstić information content (AvgIpc) is 2.55. The maximum atomic E-state index is 12.4. The number of piperidine rings is 1. The predicted octanol–water partition coefficient (Wildman–Crippen LogP) is 1.39. The van der Waals surface area contributed by atoms with Crippen LogP contribution in [-0.2, 0) is 14.8 Å². The molecule has 2 fully saturated rings. The van der Waals surface area contributed by atoms with Crippen LogP contribution < -0.4 is 5.32 Å². The number of hydrogen-bond acceptors (Lipinski definition) is 4. The second kappa shape index (κ2) is 6.97. The Morgan fingerprint density at radius 1 is 1.27 bits per heavy atom. The monoisotopic (exact) mass is 327 g/mol. The summed E-state index contributed by atoms with van der Waals surface area (Å²) in [7, 11) is -3.17. The highest BCUT2D eigenvalue weighted by atomic mass is 32.2. The number of sulfonamides is 1. The first-order chi connectivity index (χ1) is 10.4. The molecule has 0 aromatic rings. The van der Waals surface area contributed by atoms with Crippen molar-refractivity contribution >= 4 is 15.9 Å². The lowest BCUT2D eigenvalue weighted by atomic mass is 9.82. The molecule has 1 heterocycles. The molecule has 22 heavy (non-hydrogen) atoms. The summed E-state index contributed by atoms with van der Waals surface area (Å²) in [6.07, 6.45) is 5.57. The molecule has 7 heteroatoms. The molecule has 0 aromatic heterocycles. The Kier molecular flexibility index (Phi) is 5.45. The van der Waals surface area contributed by atoms with Crippen LogP contribution >= 0.6 is 0 Å². The zero-order valence-corrected chi connectivity index (χ0v) is 14.0. The molecule has 0 radical (unpaired) electrons. The SMILES string of the molecule is CCS(=O)(=O)N1CCC(C(=O)NC2(C#N)CCCCC2)CC1. The van der Waals surface area contributed by atoms with Gasteiger partial charge >= 0.3 is 0 Å². The number of amides is 1. The summed E-state index contributed by atoms with van der Waals surface area (Å²) in [5.74, 6) is -0.172.